The Bertz CT molecular complexity index is 1540. The molecule has 47 heavy (non-hydrogen) atoms. The van der Waals surface area contributed by atoms with E-state index in [-0.39, 0.29) is 25.3 Å². The second-order valence-corrected chi connectivity index (χ2v) is 12.2. The van der Waals surface area contributed by atoms with Crippen molar-refractivity contribution in [3.8, 4) is 0 Å². The number of nitrogens with one attached hydrogen (secondary N) is 3. The molecule has 0 saturated carbocycles. The van der Waals surface area contributed by atoms with Gasteiger partial charge in [-0.1, -0.05) is 74.5 Å². The van der Waals surface area contributed by atoms with Crippen molar-refractivity contribution in [3.05, 3.63) is 95.6 Å². The third-order valence-corrected chi connectivity index (χ3v) is 7.64. The lowest BCUT2D eigenvalue weighted by atomic mass is 9.96. The van der Waals surface area contributed by atoms with Gasteiger partial charge in [0.05, 0.1) is 12.3 Å². The zero-order chi connectivity index (χ0) is 34.7. The van der Waals surface area contributed by atoms with Crippen molar-refractivity contribution < 1.29 is 29.1 Å². The van der Waals surface area contributed by atoms with Crippen LogP contribution in [0.25, 0.3) is 0 Å². The quantitative estimate of drug-likeness (QED) is 0.174. The molecule has 3 rings (SSSR count). The van der Waals surface area contributed by atoms with E-state index in [0.29, 0.717) is 16.9 Å². The Morgan fingerprint density at radius 3 is 2.02 bits per heavy atom. The number of amides is 6. The van der Waals surface area contributed by atoms with E-state index >= 15 is 0 Å². The predicted octanol–water partition coefficient (Wildman–Crippen LogP) is 6.22. The van der Waals surface area contributed by atoms with Crippen molar-refractivity contribution in [2.45, 2.75) is 72.0 Å². The Labute approximate surface area is 276 Å². The normalized spacial score (nSPS) is 12.7. The van der Waals surface area contributed by atoms with Gasteiger partial charge in [-0.05, 0) is 68.0 Å². The van der Waals surface area contributed by atoms with Crippen molar-refractivity contribution in [2.24, 2.45) is 5.92 Å². The highest BCUT2D eigenvalue weighted by atomic mass is 16.4. The molecule has 2 unspecified atom stereocenters. The second-order valence-electron chi connectivity index (χ2n) is 12.2. The van der Waals surface area contributed by atoms with E-state index in [9.17, 15) is 29.1 Å². The van der Waals surface area contributed by atoms with Gasteiger partial charge in [0.1, 0.15) is 6.04 Å². The zero-order valence-electron chi connectivity index (χ0n) is 27.8. The first kappa shape index (κ1) is 36.3. The maximum atomic E-state index is 14.1. The van der Waals surface area contributed by atoms with Gasteiger partial charge < -0.3 is 26.0 Å². The molecular formula is C36H45N5O6. The highest BCUT2D eigenvalue weighted by Gasteiger charge is 2.39. The van der Waals surface area contributed by atoms with E-state index in [1.54, 1.807) is 69.4 Å². The lowest BCUT2D eigenvalue weighted by molar-refractivity contribution is -0.140. The van der Waals surface area contributed by atoms with Crippen molar-refractivity contribution >= 4 is 41.2 Å². The summed E-state index contributed by atoms with van der Waals surface area (Å²) in [6, 6.07) is 20.5. The van der Waals surface area contributed by atoms with Gasteiger partial charge >= 0.3 is 18.0 Å². The van der Waals surface area contributed by atoms with Crippen molar-refractivity contribution in [3.63, 3.8) is 0 Å². The van der Waals surface area contributed by atoms with E-state index in [4.69, 9.17) is 0 Å². The van der Waals surface area contributed by atoms with Gasteiger partial charge in [0.25, 0.3) is 0 Å². The minimum Gasteiger partial charge on any atom is -0.481 e. The number of carboxylic acid groups (broad SMARTS) is 1. The summed E-state index contributed by atoms with van der Waals surface area (Å²) in [5.41, 5.74) is 3.60. The van der Waals surface area contributed by atoms with Crippen molar-refractivity contribution in [1.29, 1.82) is 0 Å². The molecule has 0 heterocycles. The summed E-state index contributed by atoms with van der Waals surface area (Å²) in [7, 11) is 1.55. The number of nitrogens with zero attached hydrogens (tertiary/aromatic N) is 2. The molecule has 4 N–H and O–H groups in total. The van der Waals surface area contributed by atoms with Gasteiger partial charge in [-0.3, -0.25) is 19.3 Å². The minimum absolute atomic E-state index is 0.0657. The first-order valence-electron chi connectivity index (χ1n) is 15.6. The number of hydrogen-bond acceptors (Lipinski definition) is 5. The predicted molar refractivity (Wildman–Crippen MR) is 182 cm³/mol. The summed E-state index contributed by atoms with van der Waals surface area (Å²) in [5, 5.41) is 17.5. The van der Waals surface area contributed by atoms with Gasteiger partial charge in [-0.2, -0.15) is 0 Å². The molecule has 6 amide bonds. The zero-order valence-corrected chi connectivity index (χ0v) is 27.8. The number of imide groups is 1. The van der Waals surface area contributed by atoms with Crippen LogP contribution in [0, 0.1) is 12.8 Å². The molecule has 0 aromatic heterocycles. The fraction of sp³-hybridized carbons (Fsp3) is 0.361. The average Bonchev–Trinajstić information content (AvgIpc) is 3.02. The summed E-state index contributed by atoms with van der Waals surface area (Å²) in [6.45, 7) is 9.04. The molecule has 0 aliphatic heterocycles. The van der Waals surface area contributed by atoms with Gasteiger partial charge in [0.2, 0.25) is 11.8 Å². The summed E-state index contributed by atoms with van der Waals surface area (Å²) in [4.78, 5) is 68.0. The van der Waals surface area contributed by atoms with E-state index in [1.807, 2.05) is 51.1 Å². The Morgan fingerprint density at radius 2 is 1.43 bits per heavy atom. The molecular weight excluding hydrogens is 598 g/mol. The minimum atomic E-state index is -1.17. The number of anilines is 2. The second kappa shape index (κ2) is 16.9. The molecule has 3 atom stereocenters. The summed E-state index contributed by atoms with van der Waals surface area (Å²) in [6.07, 6.45) is -0.121. The number of aliphatic carboxylic acids is 1. The molecule has 3 aromatic carbocycles. The van der Waals surface area contributed by atoms with Crippen LogP contribution in [0.3, 0.4) is 0 Å². The maximum absolute atomic E-state index is 14.1. The molecule has 0 radical (unpaired) electrons. The Kier molecular flexibility index (Phi) is 13.1. The lowest BCUT2D eigenvalue weighted by Crippen LogP contribution is -2.57. The molecule has 0 aliphatic rings. The van der Waals surface area contributed by atoms with Crippen LogP contribution >= 0.6 is 0 Å². The van der Waals surface area contributed by atoms with Crippen LogP contribution in [0.1, 0.15) is 63.1 Å². The number of para-hydroxylation sites is 1. The number of benzene rings is 3. The largest absolute Gasteiger partial charge is 0.481 e. The average molecular weight is 644 g/mol. The number of aryl methyl sites for hydroxylation is 1. The van der Waals surface area contributed by atoms with E-state index in [0.717, 1.165) is 16.0 Å². The standard InChI is InChI=1S/C36H45N5O6/c1-23(2)20-31(33(44)37-25(4)21-32(42)43)41(34(45)26(5)28-13-8-7-9-14-28)36(47)40(6)22-27-16-18-29(19-17-27)38-35(46)39-30-15-11-10-12-24(30)3/h7-19,23,25-26,31H,20-22H2,1-6H3,(H,37,44)(H,42,43)(H2,38,39,46)/t25-,26?,31?/m1/s1. The molecule has 11 heteroatoms. The SMILES string of the molecule is Cc1ccccc1NC(=O)Nc1ccc(CN(C)C(=O)N(C(=O)C(C)c2ccccc2)C(CC(C)C)C(=O)N[C@H](C)CC(=O)O)cc1. The van der Waals surface area contributed by atoms with Crippen molar-refractivity contribution in [1.82, 2.24) is 15.1 Å². The molecule has 250 valence electrons. The molecule has 0 bridgehead atoms. The molecule has 0 spiro atoms. The summed E-state index contributed by atoms with van der Waals surface area (Å²) in [5.74, 6) is -3.01. The van der Waals surface area contributed by atoms with Gasteiger partial charge in [0, 0.05) is 31.0 Å². The number of urea groups is 2. The molecule has 0 fully saturated rings. The van der Waals surface area contributed by atoms with Crippen molar-refractivity contribution in [2.75, 3.05) is 17.7 Å². The third-order valence-electron chi connectivity index (χ3n) is 7.64. The van der Waals surface area contributed by atoms with Crippen LogP contribution < -0.4 is 16.0 Å². The van der Waals surface area contributed by atoms with E-state index < -0.39 is 47.8 Å². The molecule has 0 saturated heterocycles. The number of carboxylic acids is 1. The Balaban J connectivity index is 1.83. The molecule has 11 nitrogen and oxygen atoms in total. The first-order chi connectivity index (χ1) is 22.3. The van der Waals surface area contributed by atoms with E-state index in [1.165, 1.54) is 4.90 Å². The lowest BCUT2D eigenvalue weighted by Gasteiger charge is -2.35. The van der Waals surface area contributed by atoms with Crippen LogP contribution in [-0.4, -0.2) is 63.9 Å². The summed E-state index contributed by atoms with van der Waals surface area (Å²) < 4.78 is 0. The van der Waals surface area contributed by atoms with Crippen LogP contribution in [-0.2, 0) is 20.9 Å². The smallest absolute Gasteiger partial charge is 0.327 e. The van der Waals surface area contributed by atoms with E-state index in [2.05, 4.69) is 16.0 Å². The van der Waals surface area contributed by atoms with Crippen LogP contribution in [0.15, 0.2) is 78.9 Å². The highest BCUT2D eigenvalue weighted by molar-refractivity contribution is 6.02. The van der Waals surface area contributed by atoms with Crippen LogP contribution in [0.2, 0.25) is 0 Å². The first-order valence-corrected chi connectivity index (χ1v) is 15.6. The van der Waals surface area contributed by atoms with Crippen LogP contribution in [0.5, 0.6) is 0 Å². The fourth-order valence-electron chi connectivity index (χ4n) is 5.12. The number of hydrogen-bond donors (Lipinski definition) is 4. The fourth-order valence-corrected chi connectivity index (χ4v) is 5.12. The number of rotatable bonds is 13. The van der Waals surface area contributed by atoms with Gasteiger partial charge in [-0.15, -0.1) is 0 Å². The number of carbonyl (C=O) groups is 5. The number of carbonyl (C=O) groups excluding carboxylic acids is 4. The maximum Gasteiger partial charge on any atom is 0.327 e. The monoisotopic (exact) mass is 643 g/mol. The highest BCUT2D eigenvalue weighted by Crippen LogP contribution is 2.24. The third kappa shape index (κ3) is 10.7. The van der Waals surface area contributed by atoms with Crippen LogP contribution in [0.4, 0.5) is 21.0 Å². The molecule has 0 aliphatic carbocycles. The summed E-state index contributed by atoms with van der Waals surface area (Å²) >= 11 is 0. The Hall–Kier alpha value is -5.19. The van der Waals surface area contributed by atoms with Gasteiger partial charge in [0.15, 0.2) is 0 Å². The topological polar surface area (TPSA) is 148 Å². The molecule has 3 aromatic rings. The van der Waals surface area contributed by atoms with Gasteiger partial charge in [-0.25, -0.2) is 9.59 Å². The Morgan fingerprint density at radius 1 is 0.809 bits per heavy atom.